The third-order valence-corrected chi connectivity index (χ3v) is 2.60. The van der Waals surface area contributed by atoms with E-state index in [9.17, 15) is 9.59 Å². The van der Waals surface area contributed by atoms with Gasteiger partial charge in [0, 0.05) is 26.2 Å². The van der Waals surface area contributed by atoms with Gasteiger partial charge in [0.2, 0.25) is 5.91 Å². The standard InChI is InChI=1S/C11H19NO4/c1-16-7-3-2-4-10(13)12(8-11(14)15)9-5-6-9/h9H,2-8H2,1H3,(H,14,15). The molecule has 0 atom stereocenters. The number of carboxylic acid groups (broad SMARTS) is 1. The molecule has 0 heterocycles. The first kappa shape index (κ1) is 13.0. The molecule has 0 bridgehead atoms. The van der Waals surface area contributed by atoms with Crippen molar-refractivity contribution in [3.8, 4) is 0 Å². The summed E-state index contributed by atoms with van der Waals surface area (Å²) >= 11 is 0. The molecule has 5 nitrogen and oxygen atoms in total. The lowest BCUT2D eigenvalue weighted by Crippen LogP contribution is -2.37. The number of unbranched alkanes of at least 4 members (excludes halogenated alkanes) is 1. The number of hydrogen-bond donors (Lipinski definition) is 1. The molecule has 0 unspecified atom stereocenters. The molecule has 92 valence electrons. The fraction of sp³-hybridized carbons (Fsp3) is 0.818. The normalized spacial score (nSPS) is 14.8. The summed E-state index contributed by atoms with van der Waals surface area (Å²) in [5.41, 5.74) is 0. The van der Waals surface area contributed by atoms with E-state index in [1.54, 1.807) is 7.11 Å². The number of carboxylic acids is 1. The van der Waals surface area contributed by atoms with Gasteiger partial charge in [0.15, 0.2) is 0 Å². The van der Waals surface area contributed by atoms with E-state index in [0.29, 0.717) is 13.0 Å². The molecule has 1 saturated carbocycles. The fourth-order valence-corrected chi connectivity index (χ4v) is 1.62. The molecular formula is C11H19NO4. The van der Waals surface area contributed by atoms with Crippen LogP contribution in [0.25, 0.3) is 0 Å². The van der Waals surface area contributed by atoms with Crippen LogP contribution in [0, 0.1) is 0 Å². The first-order valence-corrected chi connectivity index (χ1v) is 5.65. The smallest absolute Gasteiger partial charge is 0.323 e. The lowest BCUT2D eigenvalue weighted by Gasteiger charge is -2.20. The minimum atomic E-state index is -0.933. The monoisotopic (exact) mass is 229 g/mol. The largest absolute Gasteiger partial charge is 0.480 e. The Labute approximate surface area is 95.4 Å². The van der Waals surface area contributed by atoms with Crippen LogP contribution in [0.2, 0.25) is 0 Å². The van der Waals surface area contributed by atoms with Crippen molar-refractivity contribution in [1.82, 2.24) is 4.90 Å². The maximum atomic E-state index is 11.7. The van der Waals surface area contributed by atoms with Crippen LogP contribution in [0.1, 0.15) is 32.1 Å². The van der Waals surface area contributed by atoms with Gasteiger partial charge >= 0.3 is 5.97 Å². The van der Waals surface area contributed by atoms with E-state index in [-0.39, 0.29) is 18.5 Å². The number of rotatable bonds is 8. The Morgan fingerprint density at radius 3 is 2.56 bits per heavy atom. The molecule has 1 fully saturated rings. The van der Waals surface area contributed by atoms with Crippen molar-refractivity contribution in [2.75, 3.05) is 20.3 Å². The number of ether oxygens (including phenoxy) is 1. The van der Waals surface area contributed by atoms with E-state index in [1.165, 1.54) is 4.90 Å². The lowest BCUT2D eigenvalue weighted by atomic mass is 10.2. The van der Waals surface area contributed by atoms with Crippen LogP contribution in [-0.4, -0.2) is 48.2 Å². The van der Waals surface area contributed by atoms with Gasteiger partial charge in [-0.3, -0.25) is 9.59 Å². The predicted molar refractivity (Wildman–Crippen MR) is 58.1 cm³/mol. The second-order valence-electron chi connectivity index (χ2n) is 4.10. The van der Waals surface area contributed by atoms with Gasteiger partial charge in [-0.25, -0.2) is 0 Å². The highest BCUT2D eigenvalue weighted by molar-refractivity contribution is 5.81. The molecule has 1 amide bonds. The van der Waals surface area contributed by atoms with Gasteiger partial charge in [-0.2, -0.15) is 0 Å². The summed E-state index contributed by atoms with van der Waals surface area (Å²) in [7, 11) is 1.63. The number of carbonyl (C=O) groups excluding carboxylic acids is 1. The minimum Gasteiger partial charge on any atom is -0.480 e. The van der Waals surface area contributed by atoms with E-state index >= 15 is 0 Å². The average Bonchev–Trinajstić information content (AvgIpc) is 3.04. The lowest BCUT2D eigenvalue weighted by molar-refractivity contribution is -0.145. The highest BCUT2D eigenvalue weighted by Crippen LogP contribution is 2.27. The van der Waals surface area contributed by atoms with E-state index in [1.807, 2.05) is 0 Å². The molecule has 1 aliphatic carbocycles. The van der Waals surface area contributed by atoms with Crippen LogP contribution in [0.4, 0.5) is 0 Å². The zero-order chi connectivity index (χ0) is 12.0. The fourth-order valence-electron chi connectivity index (χ4n) is 1.62. The first-order valence-electron chi connectivity index (χ1n) is 5.65. The van der Waals surface area contributed by atoms with Crippen molar-refractivity contribution < 1.29 is 19.4 Å². The molecule has 1 rings (SSSR count). The van der Waals surface area contributed by atoms with Crippen molar-refractivity contribution >= 4 is 11.9 Å². The van der Waals surface area contributed by atoms with Crippen LogP contribution in [0.15, 0.2) is 0 Å². The van der Waals surface area contributed by atoms with Crippen LogP contribution in [0.5, 0.6) is 0 Å². The van der Waals surface area contributed by atoms with Gasteiger partial charge in [0.1, 0.15) is 6.54 Å². The van der Waals surface area contributed by atoms with Crippen LogP contribution < -0.4 is 0 Å². The molecule has 0 spiro atoms. The number of methoxy groups -OCH3 is 1. The van der Waals surface area contributed by atoms with Gasteiger partial charge in [0.05, 0.1) is 0 Å². The summed E-state index contributed by atoms with van der Waals surface area (Å²) in [6.07, 6.45) is 3.91. The van der Waals surface area contributed by atoms with E-state index in [2.05, 4.69) is 0 Å². The summed E-state index contributed by atoms with van der Waals surface area (Å²) in [5, 5.41) is 8.71. The zero-order valence-electron chi connectivity index (χ0n) is 9.65. The Morgan fingerprint density at radius 2 is 2.06 bits per heavy atom. The molecule has 0 aromatic carbocycles. The second-order valence-corrected chi connectivity index (χ2v) is 4.10. The highest BCUT2D eigenvalue weighted by Gasteiger charge is 2.33. The van der Waals surface area contributed by atoms with Crippen molar-refractivity contribution in [1.29, 1.82) is 0 Å². The predicted octanol–water partition coefficient (Wildman–Crippen LogP) is 0.879. The maximum absolute atomic E-state index is 11.7. The molecule has 1 N–H and O–H groups in total. The summed E-state index contributed by atoms with van der Waals surface area (Å²) in [6, 6.07) is 0.172. The molecule has 0 aromatic heterocycles. The van der Waals surface area contributed by atoms with E-state index in [4.69, 9.17) is 9.84 Å². The van der Waals surface area contributed by atoms with Crippen molar-refractivity contribution in [3.63, 3.8) is 0 Å². The first-order chi connectivity index (χ1) is 7.65. The number of nitrogens with zero attached hydrogens (tertiary/aromatic N) is 1. The topological polar surface area (TPSA) is 66.8 Å². The summed E-state index contributed by atoms with van der Waals surface area (Å²) in [5.74, 6) is -0.974. The number of carbonyl (C=O) groups is 2. The van der Waals surface area contributed by atoms with Crippen molar-refractivity contribution in [3.05, 3.63) is 0 Å². The minimum absolute atomic E-state index is 0.0407. The van der Waals surface area contributed by atoms with E-state index < -0.39 is 5.97 Å². The molecular weight excluding hydrogens is 210 g/mol. The zero-order valence-corrected chi connectivity index (χ0v) is 9.65. The second kappa shape index (κ2) is 6.48. The maximum Gasteiger partial charge on any atom is 0.323 e. The molecule has 0 aliphatic heterocycles. The third kappa shape index (κ3) is 4.61. The van der Waals surface area contributed by atoms with Gasteiger partial charge < -0.3 is 14.7 Å². The van der Waals surface area contributed by atoms with Gasteiger partial charge in [-0.05, 0) is 25.7 Å². The van der Waals surface area contributed by atoms with Crippen molar-refractivity contribution in [2.45, 2.75) is 38.1 Å². The van der Waals surface area contributed by atoms with Crippen LogP contribution >= 0.6 is 0 Å². The quantitative estimate of drug-likeness (QED) is 0.627. The SMILES string of the molecule is COCCCCC(=O)N(CC(=O)O)C1CC1. The Hall–Kier alpha value is -1.10. The van der Waals surface area contributed by atoms with Crippen LogP contribution in [-0.2, 0) is 14.3 Å². The molecule has 1 aliphatic rings. The van der Waals surface area contributed by atoms with E-state index in [0.717, 1.165) is 25.7 Å². The van der Waals surface area contributed by atoms with Gasteiger partial charge in [-0.1, -0.05) is 0 Å². The molecule has 0 radical (unpaired) electrons. The molecule has 0 aromatic rings. The Kier molecular flexibility index (Phi) is 5.25. The number of amides is 1. The summed E-state index contributed by atoms with van der Waals surface area (Å²) in [4.78, 5) is 23.8. The van der Waals surface area contributed by atoms with Crippen LogP contribution in [0.3, 0.4) is 0 Å². The summed E-state index contributed by atoms with van der Waals surface area (Å²) < 4.78 is 4.89. The van der Waals surface area contributed by atoms with Gasteiger partial charge in [-0.15, -0.1) is 0 Å². The molecule has 16 heavy (non-hydrogen) atoms. The highest BCUT2D eigenvalue weighted by atomic mass is 16.5. The molecule has 0 saturated heterocycles. The Balaban J connectivity index is 2.27. The summed E-state index contributed by atoms with van der Waals surface area (Å²) in [6.45, 7) is 0.490. The molecule has 5 heteroatoms. The van der Waals surface area contributed by atoms with Crippen molar-refractivity contribution in [2.24, 2.45) is 0 Å². The third-order valence-electron chi connectivity index (χ3n) is 2.60. The Morgan fingerprint density at radius 1 is 1.38 bits per heavy atom. The number of aliphatic carboxylic acids is 1. The average molecular weight is 229 g/mol. The van der Waals surface area contributed by atoms with Gasteiger partial charge in [0.25, 0.3) is 0 Å². The number of hydrogen-bond acceptors (Lipinski definition) is 3. The Bertz CT molecular complexity index is 250.